The van der Waals surface area contributed by atoms with Gasteiger partial charge in [0.15, 0.2) is 11.5 Å². The minimum Gasteiger partial charge on any atom is -0.507 e. The molecule has 4 aromatic rings. The summed E-state index contributed by atoms with van der Waals surface area (Å²) in [5, 5.41) is 11.3. The van der Waals surface area contributed by atoms with E-state index in [9.17, 15) is 14.7 Å². The maximum Gasteiger partial charge on any atom is 0.250 e. The molecule has 2 aliphatic rings. The van der Waals surface area contributed by atoms with Crippen LogP contribution in [0.2, 0.25) is 0 Å². The number of hydrogen-bond donors (Lipinski definition) is 1. The molecule has 2 atom stereocenters. The first kappa shape index (κ1) is 24.3. The molecule has 0 amide bonds. The fraction of sp³-hybridized carbons (Fsp3) is 0.333. The van der Waals surface area contributed by atoms with E-state index in [1.54, 1.807) is 51.5 Å². The van der Waals surface area contributed by atoms with Gasteiger partial charge in [-0.2, -0.15) is 0 Å². The Labute approximate surface area is 219 Å². The molecule has 2 bridgehead atoms. The van der Waals surface area contributed by atoms with Gasteiger partial charge >= 0.3 is 0 Å². The first-order valence-corrected chi connectivity index (χ1v) is 12.8. The first-order valence-electron chi connectivity index (χ1n) is 12.8. The van der Waals surface area contributed by atoms with Crippen LogP contribution < -0.4 is 20.5 Å². The normalized spacial score (nSPS) is 18.8. The number of methoxy groups -OCH3 is 2. The number of fused-ring (bicyclic) bond motifs is 5. The van der Waals surface area contributed by atoms with Gasteiger partial charge in [0.05, 0.1) is 30.7 Å². The fourth-order valence-corrected chi connectivity index (χ4v) is 6.24. The van der Waals surface area contributed by atoms with Crippen molar-refractivity contribution in [1.82, 2.24) is 9.47 Å². The van der Waals surface area contributed by atoms with Crippen molar-refractivity contribution >= 4 is 11.0 Å². The minimum absolute atomic E-state index is 0.0554. The summed E-state index contributed by atoms with van der Waals surface area (Å²) in [5.41, 5.74) is 3.09. The van der Waals surface area contributed by atoms with Crippen LogP contribution >= 0.6 is 0 Å². The van der Waals surface area contributed by atoms with Crippen molar-refractivity contribution in [3.63, 3.8) is 0 Å². The molecule has 38 heavy (non-hydrogen) atoms. The Bertz CT molecular complexity index is 1670. The molecule has 8 nitrogen and oxygen atoms in total. The van der Waals surface area contributed by atoms with E-state index in [0.29, 0.717) is 63.9 Å². The summed E-state index contributed by atoms with van der Waals surface area (Å²) in [5.74, 6) is 2.26. The van der Waals surface area contributed by atoms with Crippen LogP contribution in [0.25, 0.3) is 22.1 Å². The lowest BCUT2D eigenvalue weighted by atomic mass is 9.83. The first-order chi connectivity index (χ1) is 18.4. The average molecular weight is 515 g/mol. The Morgan fingerprint density at radius 2 is 1.82 bits per heavy atom. The molecular weight excluding hydrogens is 484 g/mol. The third kappa shape index (κ3) is 3.96. The summed E-state index contributed by atoms with van der Waals surface area (Å²) in [6, 6.07) is 14.0. The van der Waals surface area contributed by atoms with E-state index in [4.69, 9.17) is 13.9 Å². The summed E-state index contributed by atoms with van der Waals surface area (Å²) in [4.78, 5) is 28.4. The van der Waals surface area contributed by atoms with Crippen molar-refractivity contribution in [2.24, 2.45) is 5.92 Å². The molecule has 0 saturated carbocycles. The van der Waals surface area contributed by atoms with Crippen LogP contribution in [0.1, 0.15) is 29.4 Å². The highest BCUT2D eigenvalue weighted by atomic mass is 16.5. The molecule has 0 radical (unpaired) electrons. The number of phenols is 1. The van der Waals surface area contributed by atoms with Crippen LogP contribution in [0.5, 0.6) is 17.2 Å². The maximum absolute atomic E-state index is 13.7. The van der Waals surface area contributed by atoms with E-state index in [1.807, 2.05) is 22.8 Å². The molecular formula is C30H30N2O6. The van der Waals surface area contributed by atoms with Gasteiger partial charge < -0.3 is 23.6 Å². The van der Waals surface area contributed by atoms with Gasteiger partial charge in [0.2, 0.25) is 5.43 Å². The molecule has 0 spiro atoms. The zero-order chi connectivity index (χ0) is 26.6. The molecule has 196 valence electrons. The van der Waals surface area contributed by atoms with Crippen LogP contribution in [0, 0.1) is 12.8 Å². The van der Waals surface area contributed by atoms with E-state index in [1.165, 1.54) is 0 Å². The molecule has 1 fully saturated rings. The lowest BCUT2D eigenvalue weighted by molar-refractivity contribution is 0.113. The predicted octanol–water partition coefficient (Wildman–Crippen LogP) is 4.27. The Balaban J connectivity index is 1.38. The van der Waals surface area contributed by atoms with Crippen molar-refractivity contribution in [1.29, 1.82) is 0 Å². The standard InChI is InChI=1S/C30H30N2O6/c1-17-28(19-7-10-25(36-2)26(12-19)37-3)29(35)21-8-9-24(33)22(30(21)38-17)16-31-13-18-11-20(15-31)23-5-4-6-27(34)32(23)14-18/h4-10,12,18,20,33H,11,13-16H2,1-3H3. The van der Waals surface area contributed by atoms with Crippen molar-refractivity contribution in [2.45, 2.75) is 32.4 Å². The molecule has 2 aliphatic heterocycles. The highest BCUT2D eigenvalue weighted by Gasteiger charge is 2.35. The van der Waals surface area contributed by atoms with Gasteiger partial charge in [-0.25, -0.2) is 0 Å². The minimum atomic E-state index is -0.166. The number of nitrogens with zero attached hydrogens (tertiary/aromatic N) is 2. The molecule has 0 aliphatic carbocycles. The number of aryl methyl sites for hydroxylation is 1. The zero-order valence-electron chi connectivity index (χ0n) is 21.7. The summed E-state index contributed by atoms with van der Waals surface area (Å²) in [6.07, 6.45) is 1.05. The van der Waals surface area contributed by atoms with Gasteiger partial charge in [0.1, 0.15) is 17.1 Å². The molecule has 2 aromatic heterocycles. The zero-order valence-corrected chi connectivity index (χ0v) is 21.7. The lowest BCUT2D eigenvalue weighted by Gasteiger charge is -2.42. The van der Waals surface area contributed by atoms with Crippen molar-refractivity contribution in [3.8, 4) is 28.4 Å². The monoisotopic (exact) mass is 514 g/mol. The second-order valence-electron chi connectivity index (χ2n) is 10.3. The van der Waals surface area contributed by atoms with Gasteiger partial charge in [-0.15, -0.1) is 0 Å². The summed E-state index contributed by atoms with van der Waals surface area (Å²) in [7, 11) is 3.12. The average Bonchev–Trinajstić information content (AvgIpc) is 2.91. The van der Waals surface area contributed by atoms with Crippen molar-refractivity contribution in [3.05, 3.63) is 86.1 Å². The molecule has 2 aromatic carbocycles. The van der Waals surface area contributed by atoms with Crippen LogP contribution in [0.15, 0.2) is 62.5 Å². The number of ether oxygens (including phenoxy) is 2. The SMILES string of the molecule is COc1ccc(-c2c(C)oc3c(CN4CC5CC(C4)c4cccc(=O)n4C5)c(O)ccc3c2=O)cc1OC. The third-order valence-corrected chi connectivity index (χ3v) is 7.92. The quantitative estimate of drug-likeness (QED) is 0.425. The molecule has 1 saturated heterocycles. The van der Waals surface area contributed by atoms with E-state index < -0.39 is 0 Å². The van der Waals surface area contributed by atoms with E-state index in [-0.39, 0.29) is 22.7 Å². The van der Waals surface area contributed by atoms with Crippen LogP contribution in [0.4, 0.5) is 0 Å². The largest absolute Gasteiger partial charge is 0.507 e. The van der Waals surface area contributed by atoms with E-state index in [0.717, 1.165) is 25.2 Å². The lowest BCUT2D eigenvalue weighted by Crippen LogP contribution is -2.46. The van der Waals surface area contributed by atoms with Gasteiger partial charge in [-0.3, -0.25) is 14.5 Å². The third-order valence-electron chi connectivity index (χ3n) is 7.92. The number of pyridine rings is 1. The Morgan fingerprint density at radius 1 is 1.00 bits per heavy atom. The topological polar surface area (TPSA) is 94.1 Å². The highest BCUT2D eigenvalue weighted by molar-refractivity contribution is 5.87. The number of aromatic nitrogens is 1. The van der Waals surface area contributed by atoms with Gasteiger partial charge in [0.25, 0.3) is 5.56 Å². The highest BCUT2D eigenvalue weighted by Crippen LogP contribution is 2.38. The Morgan fingerprint density at radius 3 is 2.61 bits per heavy atom. The molecule has 4 heterocycles. The van der Waals surface area contributed by atoms with Crippen LogP contribution in [-0.2, 0) is 13.1 Å². The smallest absolute Gasteiger partial charge is 0.250 e. The summed E-state index contributed by atoms with van der Waals surface area (Å²) >= 11 is 0. The van der Waals surface area contributed by atoms with Crippen LogP contribution in [0.3, 0.4) is 0 Å². The molecule has 2 unspecified atom stereocenters. The number of hydrogen-bond acceptors (Lipinski definition) is 7. The number of piperidine rings is 1. The number of benzene rings is 2. The van der Waals surface area contributed by atoms with Crippen LogP contribution in [-0.4, -0.2) is 41.9 Å². The second-order valence-corrected chi connectivity index (χ2v) is 10.3. The Kier molecular flexibility index (Phi) is 5.99. The van der Waals surface area contributed by atoms with Gasteiger partial charge in [0, 0.05) is 43.9 Å². The van der Waals surface area contributed by atoms with Gasteiger partial charge in [-0.05, 0) is 55.2 Å². The van der Waals surface area contributed by atoms with Gasteiger partial charge in [-0.1, -0.05) is 12.1 Å². The number of aromatic hydroxyl groups is 1. The Hall–Kier alpha value is -4.04. The van der Waals surface area contributed by atoms with E-state index >= 15 is 0 Å². The molecule has 1 N–H and O–H groups in total. The molecule has 8 heteroatoms. The number of likely N-dealkylation sites (tertiary alicyclic amines) is 1. The van der Waals surface area contributed by atoms with E-state index in [2.05, 4.69) is 4.90 Å². The summed E-state index contributed by atoms with van der Waals surface area (Å²) in [6.45, 7) is 4.49. The van der Waals surface area contributed by atoms with Crippen molar-refractivity contribution in [2.75, 3.05) is 27.3 Å². The number of phenolic OH excluding ortho intramolecular Hbond substituents is 1. The predicted molar refractivity (Wildman–Crippen MR) is 144 cm³/mol. The molecule has 6 rings (SSSR count). The number of rotatable bonds is 5. The maximum atomic E-state index is 13.7. The second kappa shape index (κ2) is 9.36. The summed E-state index contributed by atoms with van der Waals surface area (Å²) < 4.78 is 18.9. The van der Waals surface area contributed by atoms with Crippen molar-refractivity contribution < 1.29 is 19.0 Å². The fourth-order valence-electron chi connectivity index (χ4n) is 6.24.